The molecule has 39 heavy (non-hydrogen) atoms. The van der Waals surface area contributed by atoms with Gasteiger partial charge < -0.3 is 9.84 Å². The topological polar surface area (TPSA) is 104 Å². The lowest BCUT2D eigenvalue weighted by molar-refractivity contribution is -0.138. The molecule has 0 bridgehead atoms. The number of ether oxygens (including phenoxy) is 1. The SMILES string of the molecule is COc1cc(C2C3=CCC4C(=O)N(C)C(=O)C4C3CC3(Cl)C(=O)N(c4ccc(F)cc4)C(=O)C23Cl)ccc1O. The fourth-order valence-electron chi connectivity index (χ4n) is 6.80. The zero-order chi connectivity index (χ0) is 28.0. The van der Waals surface area contributed by atoms with Gasteiger partial charge in [-0.05, 0) is 60.7 Å². The summed E-state index contributed by atoms with van der Waals surface area (Å²) in [4.78, 5) is 52.3. The highest BCUT2D eigenvalue weighted by molar-refractivity contribution is 6.58. The maximum absolute atomic E-state index is 14.2. The highest BCUT2D eigenvalue weighted by Gasteiger charge is 2.76. The van der Waals surface area contributed by atoms with Crippen LogP contribution in [-0.2, 0) is 19.2 Å². The predicted octanol–water partition coefficient (Wildman–Crippen LogP) is 3.73. The van der Waals surface area contributed by atoms with E-state index < -0.39 is 51.1 Å². The van der Waals surface area contributed by atoms with Crippen LogP contribution >= 0.6 is 23.2 Å². The van der Waals surface area contributed by atoms with E-state index in [0.29, 0.717) is 11.1 Å². The van der Waals surface area contributed by atoms with Crippen LogP contribution in [0.1, 0.15) is 24.3 Å². The van der Waals surface area contributed by atoms with Crippen molar-refractivity contribution in [2.45, 2.75) is 28.5 Å². The lowest BCUT2D eigenvalue weighted by Gasteiger charge is -2.50. The average Bonchev–Trinajstić information content (AvgIpc) is 3.23. The number of alkyl halides is 2. The highest BCUT2D eigenvalue weighted by atomic mass is 35.5. The van der Waals surface area contributed by atoms with E-state index in [1.54, 1.807) is 6.07 Å². The van der Waals surface area contributed by atoms with Crippen molar-refractivity contribution in [3.8, 4) is 11.5 Å². The van der Waals surface area contributed by atoms with Crippen molar-refractivity contribution in [3.05, 3.63) is 65.5 Å². The first-order chi connectivity index (χ1) is 18.5. The molecule has 2 saturated heterocycles. The van der Waals surface area contributed by atoms with Gasteiger partial charge in [0.05, 0.1) is 24.6 Å². The first-order valence-electron chi connectivity index (χ1n) is 12.4. The zero-order valence-corrected chi connectivity index (χ0v) is 22.4. The van der Waals surface area contributed by atoms with E-state index in [2.05, 4.69) is 0 Å². The Morgan fingerprint density at radius 3 is 2.36 bits per heavy atom. The molecule has 2 aromatic carbocycles. The van der Waals surface area contributed by atoms with Gasteiger partial charge in [-0.25, -0.2) is 9.29 Å². The Labute approximate surface area is 232 Å². The third-order valence-corrected chi connectivity index (χ3v) is 10.1. The largest absolute Gasteiger partial charge is 0.504 e. The third kappa shape index (κ3) is 3.23. The number of carbonyl (C=O) groups excluding carboxylic acids is 4. The van der Waals surface area contributed by atoms with Gasteiger partial charge >= 0.3 is 0 Å². The Kier molecular flexibility index (Phi) is 5.65. The lowest BCUT2D eigenvalue weighted by Crippen LogP contribution is -2.60. The Hall–Kier alpha value is -3.43. The zero-order valence-electron chi connectivity index (χ0n) is 20.9. The van der Waals surface area contributed by atoms with Gasteiger partial charge in [0.25, 0.3) is 11.8 Å². The molecule has 0 radical (unpaired) electrons. The van der Waals surface area contributed by atoms with Crippen molar-refractivity contribution in [2.24, 2.45) is 17.8 Å². The Bertz CT molecular complexity index is 1500. The van der Waals surface area contributed by atoms with Crippen molar-refractivity contribution in [2.75, 3.05) is 19.1 Å². The predicted molar refractivity (Wildman–Crippen MR) is 139 cm³/mol. The van der Waals surface area contributed by atoms with Crippen LogP contribution in [0, 0.1) is 23.6 Å². The average molecular weight is 573 g/mol. The van der Waals surface area contributed by atoms with E-state index in [9.17, 15) is 28.7 Å². The molecular formula is C28H23Cl2FN2O6. The molecule has 2 aromatic rings. The molecule has 2 heterocycles. The van der Waals surface area contributed by atoms with Gasteiger partial charge in [-0.15, -0.1) is 23.2 Å². The molecule has 11 heteroatoms. The number of amides is 4. The number of phenolic OH excluding ortho intramolecular Hbond substituents is 1. The number of likely N-dealkylation sites (tertiary alicyclic amines) is 1. The second kappa shape index (κ2) is 8.53. The number of imide groups is 2. The molecular weight excluding hydrogens is 550 g/mol. The number of carbonyl (C=O) groups is 4. The van der Waals surface area contributed by atoms with Gasteiger partial charge in [0.15, 0.2) is 21.2 Å². The van der Waals surface area contributed by atoms with Crippen LogP contribution in [0.2, 0.25) is 0 Å². The summed E-state index contributed by atoms with van der Waals surface area (Å²) < 4.78 is 19.0. The lowest BCUT2D eigenvalue weighted by atomic mass is 9.56. The number of fused-ring (bicyclic) bond motifs is 4. The minimum atomic E-state index is -2.05. The van der Waals surface area contributed by atoms with Crippen molar-refractivity contribution < 1.29 is 33.4 Å². The summed E-state index contributed by atoms with van der Waals surface area (Å²) in [7, 11) is 2.80. The highest BCUT2D eigenvalue weighted by Crippen LogP contribution is 2.66. The van der Waals surface area contributed by atoms with Crippen molar-refractivity contribution in [3.63, 3.8) is 0 Å². The Morgan fingerprint density at radius 1 is 1.00 bits per heavy atom. The molecule has 4 amide bonds. The maximum atomic E-state index is 14.2. The van der Waals surface area contributed by atoms with Gasteiger partial charge in [-0.2, -0.15) is 0 Å². The number of phenols is 1. The number of aromatic hydroxyl groups is 1. The number of hydrogen-bond acceptors (Lipinski definition) is 6. The van der Waals surface area contributed by atoms with Gasteiger partial charge in [0.2, 0.25) is 11.8 Å². The number of nitrogens with zero attached hydrogens (tertiary/aromatic N) is 2. The maximum Gasteiger partial charge on any atom is 0.258 e. The Balaban J connectivity index is 1.58. The fraction of sp³-hybridized carbons (Fsp3) is 0.357. The first kappa shape index (κ1) is 25.8. The molecule has 1 N–H and O–H groups in total. The van der Waals surface area contributed by atoms with Crippen LogP contribution in [-0.4, -0.2) is 57.5 Å². The van der Waals surface area contributed by atoms with Crippen molar-refractivity contribution in [1.29, 1.82) is 0 Å². The normalized spacial score (nSPS) is 33.6. The molecule has 3 fully saturated rings. The summed E-state index contributed by atoms with van der Waals surface area (Å²) in [6.45, 7) is 0. The second-order valence-electron chi connectivity index (χ2n) is 10.4. The summed E-state index contributed by atoms with van der Waals surface area (Å²) in [5.41, 5.74) is 1.16. The van der Waals surface area contributed by atoms with E-state index in [1.807, 2.05) is 6.08 Å². The van der Waals surface area contributed by atoms with Crippen LogP contribution in [0.3, 0.4) is 0 Å². The molecule has 202 valence electrons. The van der Waals surface area contributed by atoms with E-state index in [-0.39, 0.29) is 41.8 Å². The summed E-state index contributed by atoms with van der Waals surface area (Å²) in [5, 5.41) is 10.2. The van der Waals surface area contributed by atoms with Crippen LogP contribution in [0.5, 0.6) is 11.5 Å². The number of hydrogen-bond donors (Lipinski definition) is 1. The van der Waals surface area contributed by atoms with Crippen LogP contribution in [0.15, 0.2) is 54.1 Å². The van der Waals surface area contributed by atoms with Crippen LogP contribution in [0.4, 0.5) is 10.1 Å². The number of halogens is 3. The fourth-order valence-corrected chi connectivity index (χ4v) is 7.74. The van der Waals surface area contributed by atoms with Crippen molar-refractivity contribution in [1.82, 2.24) is 4.90 Å². The molecule has 0 aromatic heterocycles. The summed E-state index contributed by atoms with van der Waals surface area (Å²) >= 11 is 14.5. The summed E-state index contributed by atoms with van der Waals surface area (Å²) in [5.74, 6) is -5.92. The van der Waals surface area contributed by atoms with E-state index in [4.69, 9.17) is 27.9 Å². The Morgan fingerprint density at radius 2 is 1.69 bits per heavy atom. The molecule has 6 rings (SSSR count). The molecule has 2 aliphatic carbocycles. The number of benzene rings is 2. The summed E-state index contributed by atoms with van der Waals surface area (Å²) in [6, 6.07) is 9.28. The van der Waals surface area contributed by atoms with E-state index in [1.165, 1.54) is 38.4 Å². The van der Waals surface area contributed by atoms with Crippen LogP contribution in [0.25, 0.3) is 0 Å². The monoisotopic (exact) mass is 572 g/mol. The quantitative estimate of drug-likeness (QED) is 0.341. The minimum Gasteiger partial charge on any atom is -0.504 e. The molecule has 8 nitrogen and oxygen atoms in total. The minimum absolute atomic E-state index is 0.101. The van der Waals surface area contributed by atoms with E-state index >= 15 is 0 Å². The number of allylic oxidation sites excluding steroid dienone is 2. The van der Waals surface area contributed by atoms with Gasteiger partial charge in [-0.3, -0.25) is 24.1 Å². The van der Waals surface area contributed by atoms with Gasteiger partial charge in [-0.1, -0.05) is 17.7 Å². The summed E-state index contributed by atoms with van der Waals surface area (Å²) in [6.07, 6.45) is 1.91. The number of rotatable bonds is 3. The second-order valence-corrected chi connectivity index (χ2v) is 11.7. The number of anilines is 1. The smallest absolute Gasteiger partial charge is 0.258 e. The molecule has 2 aliphatic heterocycles. The van der Waals surface area contributed by atoms with Crippen LogP contribution < -0.4 is 9.64 Å². The molecule has 6 unspecified atom stereocenters. The van der Waals surface area contributed by atoms with Gasteiger partial charge in [0, 0.05) is 13.0 Å². The van der Waals surface area contributed by atoms with Gasteiger partial charge in [0.1, 0.15) is 5.82 Å². The van der Waals surface area contributed by atoms with E-state index in [0.717, 1.165) is 21.9 Å². The first-order valence-corrected chi connectivity index (χ1v) is 13.1. The standard InChI is InChI=1S/C28H23Cl2FN2O6/c1-32-23(35)17-9-8-16-18(21(17)24(32)36)12-27(29)25(37)33(15-6-4-14(31)5-7-15)26(38)28(27,30)22(16)13-3-10-19(34)20(11-13)39-2/h3-8,10-11,17-18,21-22,34H,9,12H2,1-2H3. The molecule has 0 spiro atoms. The molecule has 4 aliphatic rings. The molecule has 1 saturated carbocycles. The molecule has 6 atom stereocenters. The third-order valence-electron chi connectivity index (χ3n) is 8.65. The van der Waals surface area contributed by atoms with Crippen molar-refractivity contribution >= 4 is 52.5 Å². The number of methoxy groups -OCH3 is 1.